The molecule has 0 aliphatic heterocycles. The van der Waals surface area contributed by atoms with Crippen LogP contribution in [-0.2, 0) is 14.3 Å². The molecular weight excluding hydrogens is 293 g/mol. The first-order valence-electron chi connectivity index (χ1n) is 6.07. The number of hydrogen-bond donors (Lipinski definition) is 1. The summed E-state index contributed by atoms with van der Waals surface area (Å²) in [6.07, 6.45) is 2.88. The molecule has 6 heteroatoms. The van der Waals surface area contributed by atoms with Crippen LogP contribution in [0.1, 0.15) is 4.88 Å². The third-order valence-electron chi connectivity index (χ3n) is 2.40. The van der Waals surface area contributed by atoms with Crippen LogP contribution in [0.25, 0.3) is 6.08 Å². The molecule has 2 aromatic rings. The van der Waals surface area contributed by atoms with Gasteiger partial charge in [-0.3, -0.25) is 4.79 Å². The van der Waals surface area contributed by atoms with Gasteiger partial charge in [-0.25, -0.2) is 9.18 Å². The van der Waals surface area contributed by atoms with Crippen molar-refractivity contribution in [3.05, 3.63) is 58.5 Å². The summed E-state index contributed by atoms with van der Waals surface area (Å²) in [6.45, 7) is -0.398. The Morgan fingerprint density at radius 3 is 2.67 bits per heavy atom. The summed E-state index contributed by atoms with van der Waals surface area (Å²) in [4.78, 5) is 23.9. The summed E-state index contributed by atoms with van der Waals surface area (Å²) < 4.78 is 17.5. The van der Waals surface area contributed by atoms with Gasteiger partial charge in [0.15, 0.2) is 6.61 Å². The molecule has 0 aliphatic carbocycles. The first-order valence-corrected chi connectivity index (χ1v) is 6.95. The molecular formula is C15H12FNO3S. The molecule has 0 spiro atoms. The molecule has 1 N–H and O–H groups in total. The summed E-state index contributed by atoms with van der Waals surface area (Å²) in [5.41, 5.74) is 0.437. The number of nitrogens with one attached hydrogen (secondary N) is 1. The number of esters is 1. The van der Waals surface area contributed by atoms with Crippen molar-refractivity contribution in [2.24, 2.45) is 0 Å². The molecule has 21 heavy (non-hydrogen) atoms. The van der Waals surface area contributed by atoms with Gasteiger partial charge in [-0.2, -0.15) is 0 Å². The van der Waals surface area contributed by atoms with Crippen LogP contribution < -0.4 is 5.32 Å². The second-order valence-corrected chi connectivity index (χ2v) is 4.99. The van der Waals surface area contributed by atoms with Gasteiger partial charge >= 0.3 is 5.97 Å². The number of rotatable bonds is 5. The van der Waals surface area contributed by atoms with E-state index in [0.29, 0.717) is 5.69 Å². The molecule has 0 unspecified atom stereocenters. The maximum absolute atomic E-state index is 12.7. The minimum atomic E-state index is -0.599. The fourth-order valence-corrected chi connectivity index (χ4v) is 2.07. The van der Waals surface area contributed by atoms with Crippen molar-refractivity contribution < 1.29 is 18.7 Å². The zero-order valence-electron chi connectivity index (χ0n) is 10.9. The Kier molecular flexibility index (Phi) is 5.22. The fourth-order valence-electron chi connectivity index (χ4n) is 1.45. The van der Waals surface area contributed by atoms with E-state index >= 15 is 0 Å². The number of carbonyl (C=O) groups is 2. The smallest absolute Gasteiger partial charge is 0.331 e. The summed E-state index contributed by atoms with van der Waals surface area (Å²) in [7, 11) is 0. The highest BCUT2D eigenvalue weighted by molar-refractivity contribution is 7.10. The Labute approximate surface area is 124 Å². The number of carbonyl (C=O) groups excluding carboxylic acids is 2. The highest BCUT2D eigenvalue weighted by atomic mass is 32.1. The van der Waals surface area contributed by atoms with Gasteiger partial charge in [0, 0.05) is 16.6 Å². The van der Waals surface area contributed by atoms with Crippen molar-refractivity contribution in [2.75, 3.05) is 11.9 Å². The summed E-state index contributed by atoms with van der Waals surface area (Å²) in [6, 6.07) is 9.02. The predicted molar refractivity (Wildman–Crippen MR) is 79.3 cm³/mol. The first-order chi connectivity index (χ1) is 10.1. The molecule has 0 saturated heterocycles. The van der Waals surface area contributed by atoms with E-state index < -0.39 is 24.3 Å². The van der Waals surface area contributed by atoms with E-state index in [0.717, 1.165) is 4.88 Å². The van der Waals surface area contributed by atoms with Crippen LogP contribution in [0.2, 0.25) is 0 Å². The van der Waals surface area contributed by atoms with Gasteiger partial charge in [-0.1, -0.05) is 6.07 Å². The molecule has 0 radical (unpaired) electrons. The van der Waals surface area contributed by atoms with E-state index in [1.807, 2.05) is 17.5 Å². The molecule has 108 valence electrons. The second kappa shape index (κ2) is 7.35. The van der Waals surface area contributed by atoms with Crippen LogP contribution in [-0.4, -0.2) is 18.5 Å². The average molecular weight is 305 g/mol. The predicted octanol–water partition coefficient (Wildman–Crippen LogP) is 3.08. The molecule has 2 rings (SSSR count). The summed E-state index contributed by atoms with van der Waals surface area (Å²) in [5.74, 6) is -1.48. The largest absolute Gasteiger partial charge is 0.452 e. The van der Waals surface area contributed by atoms with Crippen LogP contribution in [0.15, 0.2) is 47.9 Å². The van der Waals surface area contributed by atoms with Crippen molar-refractivity contribution in [2.45, 2.75) is 0 Å². The standard InChI is InChI=1S/C15H12FNO3S/c16-11-3-5-12(6-4-11)17-14(18)10-20-15(19)8-7-13-2-1-9-21-13/h1-9H,10H2,(H,17,18)/b8-7+. The minimum absolute atomic E-state index is 0.391. The van der Waals surface area contributed by atoms with Gasteiger partial charge in [0.1, 0.15) is 5.82 Å². The molecule has 1 aromatic heterocycles. The fraction of sp³-hybridized carbons (Fsp3) is 0.0667. The van der Waals surface area contributed by atoms with Crippen molar-refractivity contribution in [3.8, 4) is 0 Å². The van der Waals surface area contributed by atoms with E-state index in [2.05, 4.69) is 5.32 Å². The van der Waals surface area contributed by atoms with Gasteiger partial charge in [-0.05, 0) is 41.8 Å². The third kappa shape index (κ3) is 5.19. The Balaban J connectivity index is 1.75. The Morgan fingerprint density at radius 2 is 2.00 bits per heavy atom. The van der Waals surface area contributed by atoms with Gasteiger partial charge in [0.2, 0.25) is 0 Å². The Hall–Kier alpha value is -2.47. The molecule has 0 atom stereocenters. The van der Waals surface area contributed by atoms with E-state index in [1.54, 1.807) is 6.08 Å². The Bertz CT molecular complexity index is 635. The number of hydrogen-bond acceptors (Lipinski definition) is 4. The molecule has 0 bridgehead atoms. The zero-order chi connectivity index (χ0) is 15.1. The lowest BCUT2D eigenvalue weighted by Gasteiger charge is -2.05. The van der Waals surface area contributed by atoms with Crippen molar-refractivity contribution in [1.82, 2.24) is 0 Å². The third-order valence-corrected chi connectivity index (χ3v) is 3.24. The van der Waals surface area contributed by atoms with Gasteiger partial charge in [-0.15, -0.1) is 11.3 Å². The molecule has 0 fully saturated rings. The van der Waals surface area contributed by atoms with Gasteiger partial charge < -0.3 is 10.1 Å². The van der Waals surface area contributed by atoms with Crippen LogP contribution >= 0.6 is 11.3 Å². The Morgan fingerprint density at radius 1 is 1.24 bits per heavy atom. The number of benzene rings is 1. The van der Waals surface area contributed by atoms with E-state index in [9.17, 15) is 14.0 Å². The van der Waals surface area contributed by atoms with E-state index in [-0.39, 0.29) is 0 Å². The molecule has 1 heterocycles. The lowest BCUT2D eigenvalue weighted by molar-refractivity contribution is -0.142. The molecule has 1 amide bonds. The average Bonchev–Trinajstić information content (AvgIpc) is 2.99. The molecule has 4 nitrogen and oxygen atoms in total. The van der Waals surface area contributed by atoms with E-state index in [4.69, 9.17) is 4.74 Å². The van der Waals surface area contributed by atoms with Crippen LogP contribution in [0.4, 0.5) is 10.1 Å². The maximum atomic E-state index is 12.7. The summed E-state index contributed by atoms with van der Waals surface area (Å²) in [5, 5.41) is 4.38. The minimum Gasteiger partial charge on any atom is -0.452 e. The number of anilines is 1. The van der Waals surface area contributed by atoms with Crippen LogP contribution in [0, 0.1) is 5.82 Å². The van der Waals surface area contributed by atoms with E-state index in [1.165, 1.54) is 41.7 Å². The van der Waals surface area contributed by atoms with Crippen LogP contribution in [0.3, 0.4) is 0 Å². The normalized spacial score (nSPS) is 10.5. The summed E-state index contributed by atoms with van der Waals surface area (Å²) >= 11 is 1.49. The second-order valence-electron chi connectivity index (χ2n) is 4.01. The highest BCUT2D eigenvalue weighted by Crippen LogP contribution is 2.10. The van der Waals surface area contributed by atoms with Crippen molar-refractivity contribution in [3.63, 3.8) is 0 Å². The van der Waals surface area contributed by atoms with Crippen molar-refractivity contribution >= 4 is 35.0 Å². The highest BCUT2D eigenvalue weighted by Gasteiger charge is 2.05. The van der Waals surface area contributed by atoms with Crippen LogP contribution in [0.5, 0.6) is 0 Å². The van der Waals surface area contributed by atoms with Gasteiger partial charge in [0.25, 0.3) is 5.91 Å². The molecule has 1 aromatic carbocycles. The number of halogens is 1. The SMILES string of the molecule is O=C(COC(=O)/C=C/c1cccs1)Nc1ccc(F)cc1. The number of amides is 1. The lowest BCUT2D eigenvalue weighted by atomic mass is 10.3. The maximum Gasteiger partial charge on any atom is 0.331 e. The quantitative estimate of drug-likeness (QED) is 0.682. The molecule has 0 saturated carbocycles. The number of thiophene rings is 1. The zero-order valence-corrected chi connectivity index (χ0v) is 11.7. The number of ether oxygens (including phenoxy) is 1. The molecule has 0 aliphatic rings. The van der Waals surface area contributed by atoms with Crippen molar-refractivity contribution in [1.29, 1.82) is 0 Å². The lowest BCUT2D eigenvalue weighted by Crippen LogP contribution is -2.20. The topological polar surface area (TPSA) is 55.4 Å². The first kappa shape index (κ1) is 14.9. The monoisotopic (exact) mass is 305 g/mol. The van der Waals surface area contributed by atoms with Gasteiger partial charge in [0.05, 0.1) is 0 Å².